The number of ketones is 1. The molecule has 0 aliphatic heterocycles. The molecule has 0 aromatic carbocycles. The summed E-state index contributed by atoms with van der Waals surface area (Å²) in [5, 5.41) is 0. The van der Waals surface area contributed by atoms with Gasteiger partial charge in [0.25, 0.3) is 0 Å². The molecule has 0 saturated carbocycles. The summed E-state index contributed by atoms with van der Waals surface area (Å²) in [5.41, 5.74) is 5.27. The predicted molar refractivity (Wildman–Crippen MR) is 48.9 cm³/mol. The second kappa shape index (κ2) is 6.14. The molecule has 0 spiro atoms. The Labute approximate surface area is 74.3 Å². The minimum absolute atomic E-state index is 0.0946. The summed E-state index contributed by atoms with van der Waals surface area (Å²) in [4.78, 5) is 11.0. The van der Waals surface area contributed by atoms with Crippen LogP contribution in [0.2, 0.25) is 0 Å². The van der Waals surface area contributed by atoms with Crippen LogP contribution in [-0.4, -0.2) is 25.0 Å². The van der Waals surface area contributed by atoms with Gasteiger partial charge in [-0.25, -0.2) is 0 Å². The molecule has 0 fully saturated rings. The quantitative estimate of drug-likeness (QED) is 0.651. The number of hydrogen-bond acceptors (Lipinski definition) is 3. The van der Waals surface area contributed by atoms with Gasteiger partial charge in [0.1, 0.15) is 6.10 Å². The molecule has 0 amide bonds. The Balaban J connectivity index is 3.78. The van der Waals surface area contributed by atoms with Crippen LogP contribution in [0, 0.1) is 5.92 Å². The van der Waals surface area contributed by atoms with Gasteiger partial charge in [0.05, 0.1) is 6.61 Å². The number of carbonyl (C=O) groups is 1. The second-order valence-corrected chi connectivity index (χ2v) is 3.39. The molecule has 2 N–H and O–H groups in total. The van der Waals surface area contributed by atoms with E-state index >= 15 is 0 Å². The maximum atomic E-state index is 11.0. The monoisotopic (exact) mass is 173 g/mol. The van der Waals surface area contributed by atoms with E-state index in [9.17, 15) is 4.79 Å². The van der Waals surface area contributed by atoms with Crippen LogP contribution >= 0.6 is 0 Å². The summed E-state index contributed by atoms with van der Waals surface area (Å²) in [6, 6.07) is 0. The fraction of sp³-hybridized carbons (Fsp3) is 0.889. The summed E-state index contributed by atoms with van der Waals surface area (Å²) in [7, 11) is 0. The molecule has 0 aliphatic rings. The molecule has 1 atom stereocenters. The van der Waals surface area contributed by atoms with Crippen molar-refractivity contribution in [1.82, 2.24) is 0 Å². The Morgan fingerprint density at radius 1 is 1.50 bits per heavy atom. The SMILES string of the molecule is CC(=O)[C@H](CC(C)C)OCCN. The molecule has 3 heteroatoms. The summed E-state index contributed by atoms with van der Waals surface area (Å²) in [6.07, 6.45) is 0.531. The lowest BCUT2D eigenvalue weighted by Gasteiger charge is -2.16. The standard InChI is InChI=1S/C9H19NO2/c1-7(2)6-9(8(3)11)12-5-4-10/h7,9H,4-6,10H2,1-3H3/t9-/m0/s1. The van der Waals surface area contributed by atoms with Gasteiger partial charge in [-0.05, 0) is 19.3 Å². The smallest absolute Gasteiger partial charge is 0.158 e. The van der Waals surface area contributed by atoms with E-state index in [2.05, 4.69) is 13.8 Å². The van der Waals surface area contributed by atoms with Crippen LogP contribution in [0.5, 0.6) is 0 Å². The number of rotatable bonds is 6. The molecule has 0 unspecified atom stereocenters. The van der Waals surface area contributed by atoms with Crippen molar-refractivity contribution in [3.8, 4) is 0 Å². The maximum absolute atomic E-state index is 11.0. The lowest BCUT2D eigenvalue weighted by atomic mass is 10.0. The average Bonchev–Trinajstić information content (AvgIpc) is 1.96. The lowest BCUT2D eigenvalue weighted by molar-refractivity contribution is -0.129. The fourth-order valence-electron chi connectivity index (χ4n) is 0.990. The Bertz CT molecular complexity index is 134. The highest BCUT2D eigenvalue weighted by Crippen LogP contribution is 2.08. The number of Topliss-reactive ketones (excluding diaryl/α,β-unsaturated/α-hetero) is 1. The number of carbonyl (C=O) groups excluding carboxylic acids is 1. The van der Waals surface area contributed by atoms with E-state index in [0.29, 0.717) is 19.1 Å². The highest BCUT2D eigenvalue weighted by Gasteiger charge is 2.15. The zero-order chi connectivity index (χ0) is 9.56. The van der Waals surface area contributed by atoms with E-state index in [4.69, 9.17) is 10.5 Å². The molecular weight excluding hydrogens is 154 g/mol. The van der Waals surface area contributed by atoms with E-state index < -0.39 is 0 Å². The number of ether oxygens (including phenoxy) is 1. The molecule has 0 aromatic heterocycles. The third kappa shape index (κ3) is 5.27. The normalized spacial score (nSPS) is 13.4. The average molecular weight is 173 g/mol. The van der Waals surface area contributed by atoms with Crippen LogP contribution in [-0.2, 0) is 9.53 Å². The number of nitrogens with two attached hydrogens (primary N) is 1. The van der Waals surface area contributed by atoms with Gasteiger partial charge in [0.15, 0.2) is 5.78 Å². The largest absolute Gasteiger partial charge is 0.369 e. The molecule has 0 saturated heterocycles. The zero-order valence-corrected chi connectivity index (χ0v) is 8.17. The van der Waals surface area contributed by atoms with E-state index in [1.54, 1.807) is 6.92 Å². The fourth-order valence-corrected chi connectivity index (χ4v) is 0.990. The first-order valence-electron chi connectivity index (χ1n) is 4.40. The number of hydrogen-bond donors (Lipinski definition) is 1. The first kappa shape index (κ1) is 11.6. The molecule has 12 heavy (non-hydrogen) atoms. The summed E-state index contributed by atoms with van der Waals surface area (Å²) in [5.74, 6) is 0.578. The topological polar surface area (TPSA) is 52.3 Å². The van der Waals surface area contributed by atoms with Crippen molar-refractivity contribution in [2.24, 2.45) is 11.7 Å². The van der Waals surface area contributed by atoms with Gasteiger partial charge in [-0.3, -0.25) is 4.79 Å². The first-order valence-corrected chi connectivity index (χ1v) is 4.40. The van der Waals surface area contributed by atoms with Crippen molar-refractivity contribution in [3.05, 3.63) is 0 Å². The van der Waals surface area contributed by atoms with Crippen molar-refractivity contribution in [2.45, 2.75) is 33.3 Å². The summed E-state index contributed by atoms with van der Waals surface area (Å²) in [6.45, 7) is 6.64. The Kier molecular flexibility index (Phi) is 5.93. The molecule has 0 aromatic rings. The van der Waals surface area contributed by atoms with Gasteiger partial charge in [-0.15, -0.1) is 0 Å². The lowest BCUT2D eigenvalue weighted by Crippen LogP contribution is -2.26. The second-order valence-electron chi connectivity index (χ2n) is 3.39. The van der Waals surface area contributed by atoms with Gasteiger partial charge >= 0.3 is 0 Å². The molecule has 0 bridgehead atoms. The van der Waals surface area contributed by atoms with Crippen LogP contribution in [0.4, 0.5) is 0 Å². The minimum Gasteiger partial charge on any atom is -0.369 e. The Morgan fingerprint density at radius 3 is 2.42 bits per heavy atom. The van der Waals surface area contributed by atoms with Gasteiger partial charge in [0.2, 0.25) is 0 Å². The molecule has 0 rings (SSSR count). The van der Waals surface area contributed by atoms with E-state index in [0.717, 1.165) is 6.42 Å². The Hall–Kier alpha value is -0.410. The van der Waals surface area contributed by atoms with E-state index in [-0.39, 0.29) is 11.9 Å². The predicted octanol–water partition coefficient (Wildman–Crippen LogP) is 0.965. The molecule has 72 valence electrons. The first-order chi connectivity index (χ1) is 5.57. The third-order valence-electron chi connectivity index (χ3n) is 1.58. The molecule has 3 nitrogen and oxygen atoms in total. The van der Waals surface area contributed by atoms with Crippen molar-refractivity contribution in [1.29, 1.82) is 0 Å². The van der Waals surface area contributed by atoms with E-state index in [1.807, 2.05) is 0 Å². The molecule has 0 radical (unpaired) electrons. The van der Waals surface area contributed by atoms with Gasteiger partial charge in [-0.2, -0.15) is 0 Å². The van der Waals surface area contributed by atoms with Gasteiger partial charge in [-0.1, -0.05) is 13.8 Å². The van der Waals surface area contributed by atoms with Crippen LogP contribution in [0.15, 0.2) is 0 Å². The van der Waals surface area contributed by atoms with Crippen LogP contribution in [0.3, 0.4) is 0 Å². The molecular formula is C9H19NO2. The summed E-state index contributed by atoms with van der Waals surface area (Å²) >= 11 is 0. The van der Waals surface area contributed by atoms with Gasteiger partial charge < -0.3 is 10.5 Å². The van der Waals surface area contributed by atoms with Crippen molar-refractivity contribution in [2.75, 3.05) is 13.2 Å². The van der Waals surface area contributed by atoms with Crippen LogP contribution in [0.1, 0.15) is 27.2 Å². The van der Waals surface area contributed by atoms with Crippen LogP contribution in [0.25, 0.3) is 0 Å². The molecule has 0 aliphatic carbocycles. The minimum atomic E-state index is -0.256. The zero-order valence-electron chi connectivity index (χ0n) is 8.17. The van der Waals surface area contributed by atoms with Crippen molar-refractivity contribution in [3.63, 3.8) is 0 Å². The molecule has 0 heterocycles. The van der Waals surface area contributed by atoms with Crippen molar-refractivity contribution < 1.29 is 9.53 Å². The maximum Gasteiger partial charge on any atom is 0.158 e. The van der Waals surface area contributed by atoms with Gasteiger partial charge in [0, 0.05) is 6.54 Å². The highest BCUT2D eigenvalue weighted by atomic mass is 16.5. The highest BCUT2D eigenvalue weighted by molar-refractivity contribution is 5.80. The summed E-state index contributed by atoms with van der Waals surface area (Å²) < 4.78 is 5.29. The van der Waals surface area contributed by atoms with E-state index in [1.165, 1.54) is 0 Å². The Morgan fingerprint density at radius 2 is 2.08 bits per heavy atom. The third-order valence-corrected chi connectivity index (χ3v) is 1.58. The van der Waals surface area contributed by atoms with Crippen molar-refractivity contribution >= 4 is 5.78 Å². The van der Waals surface area contributed by atoms with Crippen LogP contribution < -0.4 is 5.73 Å².